The van der Waals surface area contributed by atoms with Gasteiger partial charge in [0.25, 0.3) is 0 Å². The molecular formula is C45H38ClNO7. The van der Waals surface area contributed by atoms with E-state index in [-0.39, 0.29) is 47.1 Å². The summed E-state index contributed by atoms with van der Waals surface area (Å²) in [6, 6.07) is 27.1. The first kappa shape index (κ1) is 35.3. The average molecular weight is 740 g/mol. The van der Waals surface area contributed by atoms with E-state index < -0.39 is 35.0 Å². The predicted molar refractivity (Wildman–Crippen MR) is 206 cm³/mol. The first-order chi connectivity index (χ1) is 26.1. The van der Waals surface area contributed by atoms with Crippen LogP contribution in [-0.4, -0.2) is 42.7 Å². The van der Waals surface area contributed by atoms with E-state index in [1.165, 1.54) is 25.2 Å². The third-order valence-corrected chi connectivity index (χ3v) is 12.2. The molecule has 0 bridgehead atoms. The summed E-state index contributed by atoms with van der Waals surface area (Å²) in [7, 11) is 2.89. The van der Waals surface area contributed by atoms with Gasteiger partial charge in [0.05, 0.1) is 37.2 Å². The zero-order chi connectivity index (χ0) is 37.9. The number of amides is 2. The molecule has 0 aromatic heterocycles. The third-order valence-electron chi connectivity index (χ3n) is 11.8. The van der Waals surface area contributed by atoms with Crippen LogP contribution in [0.1, 0.15) is 35.1 Å². The molecule has 2 fully saturated rings. The molecule has 8 nitrogen and oxygen atoms in total. The van der Waals surface area contributed by atoms with Gasteiger partial charge in [-0.1, -0.05) is 102 Å². The van der Waals surface area contributed by atoms with E-state index in [0.717, 1.165) is 11.1 Å². The monoisotopic (exact) mass is 739 g/mol. The minimum absolute atomic E-state index is 0.146. The first-order valence-corrected chi connectivity index (χ1v) is 18.4. The lowest BCUT2D eigenvalue weighted by Crippen LogP contribution is -2.59. The molecular weight excluding hydrogens is 702 g/mol. The SMILES string of the molecule is COc1cc(C=C[C@H]2C3=CC[C@@H]4C(=O)N(c5ccc(C)c(Cl)c5)C(=O)[C@@H]4[C@@H]3C[C@H]3C(=O)C(c4ccccc4)=CC(=O)[C@@]23c2ccccc2)cc(OC)c1O. The number of carbonyl (C=O) groups is 4. The van der Waals surface area contributed by atoms with Crippen molar-refractivity contribution >= 4 is 52.3 Å². The van der Waals surface area contributed by atoms with E-state index in [4.69, 9.17) is 21.1 Å². The number of methoxy groups -OCH3 is 2. The maximum atomic E-state index is 15.2. The van der Waals surface area contributed by atoms with Crippen molar-refractivity contribution in [2.24, 2.45) is 29.6 Å². The zero-order valence-corrected chi connectivity index (χ0v) is 30.7. The number of fused-ring (bicyclic) bond motifs is 4. The fourth-order valence-corrected chi connectivity index (χ4v) is 9.49. The molecule has 4 aliphatic rings. The largest absolute Gasteiger partial charge is 0.502 e. The Labute approximate surface area is 318 Å². The Morgan fingerprint density at radius 3 is 2.17 bits per heavy atom. The van der Waals surface area contributed by atoms with Gasteiger partial charge >= 0.3 is 0 Å². The molecule has 0 unspecified atom stereocenters. The molecule has 8 rings (SSSR count). The van der Waals surface area contributed by atoms with Gasteiger partial charge in [-0.2, -0.15) is 0 Å². The molecule has 4 aromatic carbocycles. The lowest BCUT2D eigenvalue weighted by molar-refractivity contribution is -0.135. The molecule has 0 radical (unpaired) electrons. The van der Waals surface area contributed by atoms with Crippen molar-refractivity contribution in [3.05, 3.63) is 142 Å². The first-order valence-electron chi connectivity index (χ1n) is 18.0. The Morgan fingerprint density at radius 2 is 1.52 bits per heavy atom. The van der Waals surface area contributed by atoms with Crippen LogP contribution < -0.4 is 14.4 Å². The molecule has 9 heteroatoms. The zero-order valence-electron chi connectivity index (χ0n) is 30.0. The smallest absolute Gasteiger partial charge is 0.238 e. The Hall–Kier alpha value is -5.73. The molecule has 1 saturated carbocycles. The highest BCUT2D eigenvalue weighted by Gasteiger charge is 2.65. The number of aromatic hydroxyl groups is 1. The van der Waals surface area contributed by atoms with Crippen LogP contribution in [-0.2, 0) is 24.6 Å². The number of phenols is 1. The highest BCUT2D eigenvalue weighted by molar-refractivity contribution is 6.33. The number of imide groups is 1. The van der Waals surface area contributed by atoms with Gasteiger partial charge in [-0.05, 0) is 78.3 Å². The summed E-state index contributed by atoms with van der Waals surface area (Å²) in [5.41, 5.74) is 3.02. The summed E-state index contributed by atoms with van der Waals surface area (Å²) >= 11 is 6.47. The van der Waals surface area contributed by atoms with E-state index in [1.807, 2.05) is 85.8 Å². The quantitative estimate of drug-likeness (QED) is 0.151. The molecule has 0 spiro atoms. The van der Waals surface area contributed by atoms with E-state index in [1.54, 1.807) is 30.3 Å². The number of anilines is 1. The number of allylic oxidation sites excluding steroid dienone is 5. The lowest BCUT2D eigenvalue weighted by Gasteiger charge is -2.54. The number of hydrogen-bond acceptors (Lipinski definition) is 7. The number of nitrogens with zero attached hydrogens (tertiary/aromatic N) is 1. The van der Waals surface area contributed by atoms with Gasteiger partial charge < -0.3 is 14.6 Å². The number of phenolic OH excluding ortho intramolecular Hbond substituents is 1. The minimum atomic E-state index is -1.36. The van der Waals surface area contributed by atoms with Crippen molar-refractivity contribution in [3.8, 4) is 17.2 Å². The van der Waals surface area contributed by atoms with E-state index >= 15 is 9.59 Å². The predicted octanol–water partition coefficient (Wildman–Crippen LogP) is 7.95. The number of benzene rings is 4. The van der Waals surface area contributed by atoms with Gasteiger partial charge in [0.1, 0.15) is 0 Å². The second-order valence-electron chi connectivity index (χ2n) is 14.4. The van der Waals surface area contributed by atoms with Gasteiger partial charge in [0, 0.05) is 22.4 Å². The second-order valence-corrected chi connectivity index (χ2v) is 14.8. The van der Waals surface area contributed by atoms with Gasteiger partial charge in [0.15, 0.2) is 23.1 Å². The van der Waals surface area contributed by atoms with Crippen molar-refractivity contribution in [2.45, 2.75) is 25.2 Å². The van der Waals surface area contributed by atoms with Crippen LogP contribution in [0.15, 0.2) is 115 Å². The summed E-state index contributed by atoms with van der Waals surface area (Å²) < 4.78 is 10.9. The Balaban J connectivity index is 1.33. The molecule has 1 N–H and O–H groups in total. The maximum absolute atomic E-state index is 15.2. The van der Waals surface area contributed by atoms with Crippen molar-refractivity contribution in [1.82, 2.24) is 0 Å². The van der Waals surface area contributed by atoms with Gasteiger partial charge in [-0.15, -0.1) is 0 Å². The van der Waals surface area contributed by atoms with Gasteiger partial charge in [-0.3, -0.25) is 19.2 Å². The standard InChI is InChI=1S/C45H38ClNO7/c1-25-14-16-29(22-36(25)46)47-43(51)31-18-17-30-33(40(31)44(47)52)23-35-41(49)32(27-10-6-4-7-11-27)24-39(48)45(35,28-12-8-5-9-13-28)34(30)19-15-26-20-37(53-2)42(50)38(21-26)54-3/h4-17,19-22,24,31,33-35,40,50H,18,23H2,1-3H3/t31-,33+,34-,35-,40-,45-/m0/s1. The number of ketones is 2. The molecule has 4 aromatic rings. The molecule has 2 amide bonds. The summed E-state index contributed by atoms with van der Waals surface area (Å²) in [4.78, 5) is 60.2. The van der Waals surface area contributed by atoms with Crippen molar-refractivity contribution in [1.29, 1.82) is 0 Å². The second kappa shape index (κ2) is 13.6. The molecule has 1 heterocycles. The van der Waals surface area contributed by atoms with Crippen LogP contribution in [0, 0.1) is 36.5 Å². The van der Waals surface area contributed by atoms with Crippen LogP contribution in [0.4, 0.5) is 5.69 Å². The topological polar surface area (TPSA) is 110 Å². The normalized spacial score (nSPS) is 26.2. The third kappa shape index (κ3) is 5.34. The highest BCUT2D eigenvalue weighted by atomic mass is 35.5. The molecule has 272 valence electrons. The Morgan fingerprint density at radius 1 is 0.852 bits per heavy atom. The van der Waals surface area contributed by atoms with Gasteiger partial charge in [0.2, 0.25) is 17.6 Å². The number of Topliss-reactive ketones (excluding diaryl/α,β-unsaturated/α-hetero) is 1. The van der Waals surface area contributed by atoms with Crippen LogP contribution in [0.5, 0.6) is 17.2 Å². The van der Waals surface area contributed by atoms with Crippen molar-refractivity contribution in [3.63, 3.8) is 0 Å². The molecule has 1 saturated heterocycles. The number of carbonyl (C=O) groups excluding carboxylic acids is 4. The van der Waals surface area contributed by atoms with E-state index in [0.29, 0.717) is 39.4 Å². The summed E-state index contributed by atoms with van der Waals surface area (Å²) in [6.45, 7) is 1.86. The molecule has 3 aliphatic carbocycles. The van der Waals surface area contributed by atoms with Crippen molar-refractivity contribution in [2.75, 3.05) is 19.1 Å². The van der Waals surface area contributed by atoms with Crippen LogP contribution in [0.2, 0.25) is 5.02 Å². The number of halogens is 1. The van der Waals surface area contributed by atoms with Crippen LogP contribution in [0.25, 0.3) is 11.6 Å². The van der Waals surface area contributed by atoms with Crippen molar-refractivity contribution < 1.29 is 33.8 Å². The van der Waals surface area contributed by atoms with E-state index in [2.05, 4.69) is 0 Å². The number of rotatable bonds is 7. The molecule has 6 atom stereocenters. The fraction of sp³-hybridized carbons (Fsp3) is 0.244. The summed E-state index contributed by atoms with van der Waals surface area (Å²) in [6.07, 6.45) is 7.77. The Kier molecular flexibility index (Phi) is 8.89. The molecule has 54 heavy (non-hydrogen) atoms. The maximum Gasteiger partial charge on any atom is 0.238 e. The summed E-state index contributed by atoms with van der Waals surface area (Å²) in [5, 5.41) is 11.1. The molecule has 1 aliphatic heterocycles. The highest BCUT2D eigenvalue weighted by Crippen LogP contribution is 2.61. The van der Waals surface area contributed by atoms with Gasteiger partial charge in [-0.25, -0.2) is 4.90 Å². The number of aryl methyl sites for hydroxylation is 1. The Bertz CT molecular complexity index is 2290. The van der Waals surface area contributed by atoms with E-state index in [9.17, 15) is 14.7 Å². The van der Waals surface area contributed by atoms with Crippen LogP contribution in [0.3, 0.4) is 0 Å². The average Bonchev–Trinajstić information content (AvgIpc) is 3.45. The number of ether oxygens (including phenoxy) is 2. The summed E-state index contributed by atoms with van der Waals surface area (Å²) in [5.74, 6) is -4.21. The minimum Gasteiger partial charge on any atom is -0.502 e. The van der Waals surface area contributed by atoms with Crippen LogP contribution >= 0.6 is 11.6 Å². The fourth-order valence-electron chi connectivity index (χ4n) is 9.31. The lowest BCUT2D eigenvalue weighted by atomic mass is 9.45. The number of hydrogen-bond donors (Lipinski definition) is 1.